The number of hydrogen-bond acceptors (Lipinski definition) is 4. The summed E-state index contributed by atoms with van der Waals surface area (Å²) in [5.74, 6) is -0.899. The van der Waals surface area contributed by atoms with Crippen molar-refractivity contribution in [2.45, 2.75) is 12.7 Å². The molecule has 3 rings (SSSR count). The van der Waals surface area contributed by atoms with E-state index >= 15 is 0 Å². The predicted molar refractivity (Wildman–Crippen MR) is 81.9 cm³/mol. The van der Waals surface area contributed by atoms with Crippen molar-refractivity contribution in [3.05, 3.63) is 45.3 Å². The first-order valence-electron chi connectivity index (χ1n) is 6.90. The van der Waals surface area contributed by atoms with Gasteiger partial charge in [-0.15, -0.1) is 11.3 Å². The maximum atomic E-state index is 13.3. The number of rotatable bonds is 4. The number of nitrogens with one attached hydrogen (secondary N) is 2. The maximum absolute atomic E-state index is 13.3. The third-order valence-electron chi connectivity index (χ3n) is 3.30. The molecule has 3 aromatic heterocycles. The number of hydrogen-bond donors (Lipinski definition) is 2. The monoisotopic (exact) mass is 374 g/mol. The average molecular weight is 374 g/mol. The Morgan fingerprint density at radius 2 is 2.16 bits per heavy atom. The van der Waals surface area contributed by atoms with E-state index in [4.69, 9.17) is 0 Å². The topological polar surface area (TPSA) is 79.3 Å². The molecule has 0 aromatic carbocycles. The highest BCUT2D eigenvalue weighted by atomic mass is 32.1. The van der Waals surface area contributed by atoms with Gasteiger partial charge in [0, 0.05) is 16.6 Å². The zero-order chi connectivity index (χ0) is 18.2. The summed E-state index contributed by atoms with van der Waals surface area (Å²) in [6.07, 6.45) is -4.76. The van der Waals surface area contributed by atoms with Crippen LogP contribution < -0.4 is 10.9 Å². The molecular formula is C14H10F4N4O2S. The van der Waals surface area contributed by atoms with Crippen LogP contribution in [0.25, 0.3) is 16.1 Å². The SMILES string of the molecule is O=C(CF)NCc1cc(=O)n2nc(C(F)(F)F)c(-c3cccs3)c2[nH]1. The molecule has 3 aromatic rings. The highest BCUT2D eigenvalue weighted by molar-refractivity contribution is 7.13. The minimum atomic E-state index is -4.76. The van der Waals surface area contributed by atoms with Crippen molar-refractivity contribution in [2.75, 3.05) is 6.67 Å². The highest BCUT2D eigenvalue weighted by Crippen LogP contribution is 2.39. The van der Waals surface area contributed by atoms with Crippen LogP contribution in [0.2, 0.25) is 0 Å². The van der Waals surface area contributed by atoms with Crippen LogP contribution in [0.4, 0.5) is 17.6 Å². The molecule has 132 valence electrons. The zero-order valence-electron chi connectivity index (χ0n) is 12.4. The van der Waals surface area contributed by atoms with Gasteiger partial charge in [-0.2, -0.15) is 22.8 Å². The lowest BCUT2D eigenvalue weighted by atomic mass is 10.2. The predicted octanol–water partition coefficient (Wildman–Crippen LogP) is 2.36. The van der Waals surface area contributed by atoms with Crippen LogP contribution in [0.15, 0.2) is 28.4 Å². The molecule has 0 bridgehead atoms. The molecule has 2 N–H and O–H groups in total. The fourth-order valence-corrected chi connectivity index (χ4v) is 3.05. The Balaban J connectivity index is 2.20. The Hall–Kier alpha value is -2.69. The quantitative estimate of drug-likeness (QED) is 0.688. The summed E-state index contributed by atoms with van der Waals surface area (Å²) in [6.45, 7) is -1.47. The number of aromatic amines is 1. The van der Waals surface area contributed by atoms with Gasteiger partial charge in [-0.25, -0.2) is 4.39 Å². The lowest BCUT2D eigenvalue weighted by Gasteiger charge is -2.06. The first kappa shape index (κ1) is 17.1. The number of carbonyl (C=O) groups is 1. The number of thiophene rings is 1. The van der Waals surface area contributed by atoms with Crippen molar-refractivity contribution in [3.63, 3.8) is 0 Å². The first-order valence-corrected chi connectivity index (χ1v) is 7.78. The Kier molecular flexibility index (Phi) is 4.33. The molecule has 0 aliphatic heterocycles. The molecule has 0 aliphatic rings. The number of carbonyl (C=O) groups excluding carboxylic acids is 1. The molecule has 0 unspecified atom stereocenters. The van der Waals surface area contributed by atoms with Crippen molar-refractivity contribution in [1.82, 2.24) is 19.9 Å². The van der Waals surface area contributed by atoms with E-state index in [0.29, 0.717) is 4.52 Å². The summed E-state index contributed by atoms with van der Waals surface area (Å²) >= 11 is 1.06. The molecule has 0 fully saturated rings. The molecule has 0 atom stereocenters. The summed E-state index contributed by atoms with van der Waals surface area (Å²) in [7, 11) is 0. The lowest BCUT2D eigenvalue weighted by Crippen LogP contribution is -2.26. The van der Waals surface area contributed by atoms with Crippen LogP contribution >= 0.6 is 11.3 Å². The van der Waals surface area contributed by atoms with E-state index in [1.165, 1.54) is 6.07 Å². The first-order chi connectivity index (χ1) is 11.8. The zero-order valence-corrected chi connectivity index (χ0v) is 13.2. The highest BCUT2D eigenvalue weighted by Gasteiger charge is 2.39. The summed E-state index contributed by atoms with van der Waals surface area (Å²) in [6, 6.07) is 4.05. The molecule has 25 heavy (non-hydrogen) atoms. The van der Waals surface area contributed by atoms with Gasteiger partial charge in [0.15, 0.2) is 12.4 Å². The number of halogens is 4. The molecule has 1 amide bonds. The number of H-pyrrole nitrogens is 1. The van der Waals surface area contributed by atoms with Gasteiger partial charge in [-0.3, -0.25) is 9.59 Å². The fraction of sp³-hybridized carbons (Fsp3) is 0.214. The second kappa shape index (κ2) is 6.31. The number of aromatic nitrogens is 3. The smallest absolute Gasteiger partial charge is 0.348 e. The molecule has 3 heterocycles. The van der Waals surface area contributed by atoms with Gasteiger partial charge in [0.1, 0.15) is 5.65 Å². The Morgan fingerprint density at radius 1 is 1.40 bits per heavy atom. The van der Waals surface area contributed by atoms with Crippen molar-refractivity contribution in [2.24, 2.45) is 0 Å². The summed E-state index contributed by atoms with van der Waals surface area (Å²) in [5.41, 5.74) is -2.25. The third kappa shape index (κ3) is 3.27. The molecule has 6 nitrogen and oxygen atoms in total. The van der Waals surface area contributed by atoms with Crippen LogP contribution in [-0.4, -0.2) is 27.2 Å². The number of nitrogens with zero attached hydrogens (tertiary/aromatic N) is 2. The lowest BCUT2D eigenvalue weighted by molar-refractivity contribution is -0.140. The van der Waals surface area contributed by atoms with Crippen LogP contribution in [0, 0.1) is 0 Å². The van der Waals surface area contributed by atoms with E-state index in [0.717, 1.165) is 17.4 Å². The van der Waals surface area contributed by atoms with Gasteiger partial charge < -0.3 is 10.3 Å². The van der Waals surface area contributed by atoms with Crippen LogP contribution in [0.5, 0.6) is 0 Å². The van der Waals surface area contributed by atoms with Gasteiger partial charge in [-0.05, 0) is 11.4 Å². The molecule has 0 saturated heterocycles. The van der Waals surface area contributed by atoms with E-state index in [1.807, 2.05) is 0 Å². The molecule has 0 saturated carbocycles. The standard InChI is InChI=1S/C14H10F4N4O2S/c15-5-9(23)19-6-7-4-10(24)22-13(20-7)11(8-2-1-3-25-8)12(21-22)14(16,17)18/h1-4,20H,5-6H2,(H,19,23). The minimum absolute atomic E-state index is 0.130. The van der Waals surface area contributed by atoms with Gasteiger partial charge in [0.05, 0.1) is 12.1 Å². The van der Waals surface area contributed by atoms with Crippen molar-refractivity contribution >= 4 is 22.9 Å². The summed E-state index contributed by atoms with van der Waals surface area (Å²) in [4.78, 5) is 26.0. The molecule has 0 spiro atoms. The van der Waals surface area contributed by atoms with E-state index < -0.39 is 30.0 Å². The minimum Gasteiger partial charge on any atom is -0.348 e. The second-order valence-electron chi connectivity index (χ2n) is 5.00. The summed E-state index contributed by atoms with van der Waals surface area (Å²) < 4.78 is 52.8. The van der Waals surface area contributed by atoms with Crippen LogP contribution in [-0.2, 0) is 17.5 Å². The van der Waals surface area contributed by atoms with Gasteiger partial charge in [-0.1, -0.05) is 6.07 Å². The maximum Gasteiger partial charge on any atom is 0.435 e. The number of amides is 1. The van der Waals surface area contributed by atoms with Crippen LogP contribution in [0.1, 0.15) is 11.4 Å². The number of fused-ring (bicyclic) bond motifs is 1. The summed E-state index contributed by atoms with van der Waals surface area (Å²) in [5, 5.41) is 7.20. The van der Waals surface area contributed by atoms with Crippen molar-refractivity contribution in [3.8, 4) is 10.4 Å². The largest absolute Gasteiger partial charge is 0.435 e. The van der Waals surface area contributed by atoms with E-state index in [9.17, 15) is 27.2 Å². The average Bonchev–Trinajstić information content (AvgIpc) is 3.18. The van der Waals surface area contributed by atoms with E-state index in [1.54, 1.807) is 11.4 Å². The Bertz CT molecular complexity index is 975. The molecule has 11 heteroatoms. The number of alkyl halides is 4. The molecule has 0 radical (unpaired) electrons. The van der Waals surface area contributed by atoms with Crippen molar-refractivity contribution < 1.29 is 22.4 Å². The normalized spacial score (nSPS) is 11.8. The molecular weight excluding hydrogens is 364 g/mol. The second-order valence-corrected chi connectivity index (χ2v) is 5.95. The van der Waals surface area contributed by atoms with Gasteiger partial charge >= 0.3 is 6.18 Å². The third-order valence-corrected chi connectivity index (χ3v) is 4.19. The van der Waals surface area contributed by atoms with E-state index in [-0.39, 0.29) is 28.3 Å². The van der Waals surface area contributed by atoms with Crippen molar-refractivity contribution in [1.29, 1.82) is 0 Å². The van der Waals surface area contributed by atoms with E-state index in [2.05, 4.69) is 15.4 Å². The van der Waals surface area contributed by atoms with Crippen LogP contribution in [0.3, 0.4) is 0 Å². The fourth-order valence-electron chi connectivity index (χ4n) is 2.28. The Morgan fingerprint density at radius 3 is 2.76 bits per heavy atom. The Labute approximate surface area is 141 Å². The van der Waals surface area contributed by atoms with Gasteiger partial charge in [0.25, 0.3) is 11.5 Å². The molecule has 0 aliphatic carbocycles. The van der Waals surface area contributed by atoms with Gasteiger partial charge in [0.2, 0.25) is 0 Å².